The van der Waals surface area contributed by atoms with Crippen LogP contribution < -0.4 is 9.64 Å². The summed E-state index contributed by atoms with van der Waals surface area (Å²) in [7, 11) is 0. The largest absolute Gasteiger partial charge is 0.455 e. The van der Waals surface area contributed by atoms with E-state index in [4.69, 9.17) is 13.6 Å². The molecule has 1 aliphatic heterocycles. The zero-order valence-electron chi connectivity index (χ0n) is 41.8. The quantitative estimate of drug-likeness (QED) is 0.173. The average molecular weight is 992 g/mol. The number of fused-ring (bicyclic) bond motifs is 30. The van der Waals surface area contributed by atoms with Gasteiger partial charge in [-0.2, -0.15) is 0 Å². The highest BCUT2D eigenvalue weighted by Crippen LogP contribution is 2.69. The summed E-state index contributed by atoms with van der Waals surface area (Å²) in [4.78, 5) is 2.45. The third-order valence-electron chi connectivity index (χ3n) is 18.3. The number of hydrogen-bond acceptors (Lipinski definition) is 4. The summed E-state index contributed by atoms with van der Waals surface area (Å²) < 4.78 is 21.9. The van der Waals surface area contributed by atoms with E-state index < -0.39 is 10.8 Å². The molecule has 12 aromatic carbocycles. The Balaban J connectivity index is 0.932. The van der Waals surface area contributed by atoms with Crippen molar-refractivity contribution >= 4 is 60.9 Å². The molecule has 2 spiro atoms. The summed E-state index contributed by atoms with van der Waals surface area (Å²) in [5.41, 5.74) is 26.8. The Morgan fingerprint density at radius 3 is 1.14 bits per heavy atom. The Hall–Kier alpha value is -10.2. The van der Waals surface area contributed by atoms with Crippen LogP contribution >= 0.6 is 0 Å². The smallest absolute Gasteiger partial charge is 0.151 e. The van der Waals surface area contributed by atoms with E-state index >= 15 is 0 Å². The van der Waals surface area contributed by atoms with Crippen LogP contribution in [0.15, 0.2) is 258 Å². The van der Waals surface area contributed by atoms with Crippen LogP contribution in [0.1, 0.15) is 44.5 Å². The summed E-state index contributed by atoms with van der Waals surface area (Å²) in [6.07, 6.45) is 0. The first kappa shape index (κ1) is 41.1. The molecule has 0 saturated heterocycles. The molecule has 0 bridgehead atoms. The Bertz CT molecular complexity index is 4650. The third-order valence-corrected chi connectivity index (χ3v) is 18.3. The average Bonchev–Trinajstić information content (AvgIpc) is 3.56. The van der Waals surface area contributed by atoms with Gasteiger partial charge in [0.25, 0.3) is 0 Å². The Kier molecular flexibility index (Phi) is 7.59. The van der Waals surface area contributed by atoms with Crippen molar-refractivity contribution in [1.29, 1.82) is 0 Å². The minimum absolute atomic E-state index is 0.648. The summed E-state index contributed by atoms with van der Waals surface area (Å²) in [5.74, 6) is 1.58. The van der Waals surface area contributed by atoms with Crippen LogP contribution in [0.2, 0.25) is 0 Å². The second-order valence-corrected chi connectivity index (χ2v) is 21.7. The number of anilines is 3. The van der Waals surface area contributed by atoms with Crippen molar-refractivity contribution in [3.63, 3.8) is 0 Å². The lowest BCUT2D eigenvalue weighted by atomic mass is 9.70. The number of ether oxygens (including phenoxy) is 1. The first-order valence-electron chi connectivity index (χ1n) is 27.0. The van der Waals surface area contributed by atoms with Crippen molar-refractivity contribution in [3.8, 4) is 67.1 Å². The molecule has 0 N–H and O–H groups in total. The van der Waals surface area contributed by atoms with E-state index in [1.807, 2.05) is 0 Å². The van der Waals surface area contributed by atoms with Gasteiger partial charge in [-0.05, 0) is 138 Å². The first-order chi connectivity index (χ1) is 38.7. The van der Waals surface area contributed by atoms with Crippen LogP contribution in [-0.2, 0) is 10.8 Å². The highest BCUT2D eigenvalue weighted by Gasteiger charge is 2.56. The molecule has 5 aliphatic rings. The van der Waals surface area contributed by atoms with Crippen LogP contribution in [0, 0.1) is 0 Å². The monoisotopic (exact) mass is 991 g/mol. The van der Waals surface area contributed by atoms with Crippen LogP contribution in [-0.4, -0.2) is 0 Å². The second-order valence-electron chi connectivity index (χ2n) is 21.7. The Labute approximate surface area is 448 Å². The van der Waals surface area contributed by atoms with E-state index in [1.165, 1.54) is 72.3 Å². The second kappa shape index (κ2) is 14.4. The fourth-order valence-corrected chi connectivity index (χ4v) is 15.3. The van der Waals surface area contributed by atoms with E-state index in [0.717, 1.165) is 100 Å². The molecule has 0 saturated carbocycles. The fraction of sp³-hybridized carbons (Fsp3) is 0.0270. The number of nitrogens with zero attached hydrogens (tertiary/aromatic N) is 1. The maximum Gasteiger partial charge on any atom is 0.151 e. The van der Waals surface area contributed by atoms with Gasteiger partial charge in [-0.15, -0.1) is 0 Å². The SMILES string of the molecule is c1ccc(-c2ccc(N3c4cc5c(cc4Oc4cc6c(cc43)-c3c(ccc4c3oc3ccccc34)C63c4ccccc4-c4ccccc43)C3(c4ccccc4-c4ccccc43)c3ccc4c(oc6ccccc64)c3-5)cc2)cc1. The Morgan fingerprint density at radius 1 is 0.282 bits per heavy atom. The lowest BCUT2D eigenvalue weighted by Crippen LogP contribution is -2.27. The van der Waals surface area contributed by atoms with E-state index in [9.17, 15) is 0 Å². The van der Waals surface area contributed by atoms with Gasteiger partial charge in [-0.25, -0.2) is 0 Å². The van der Waals surface area contributed by atoms with Crippen LogP contribution in [0.4, 0.5) is 17.1 Å². The van der Waals surface area contributed by atoms with Crippen molar-refractivity contribution in [1.82, 2.24) is 0 Å². The lowest BCUT2D eigenvalue weighted by molar-refractivity contribution is 0.474. The minimum atomic E-state index is -0.648. The normalized spacial score (nSPS) is 14.7. The van der Waals surface area contributed by atoms with Gasteiger partial charge in [-0.1, -0.05) is 200 Å². The zero-order valence-corrected chi connectivity index (χ0v) is 41.8. The van der Waals surface area contributed by atoms with E-state index in [1.54, 1.807) is 0 Å². The van der Waals surface area contributed by atoms with Gasteiger partial charge in [0.2, 0.25) is 0 Å². The minimum Gasteiger partial charge on any atom is -0.455 e. The molecular weight excluding hydrogens is 951 g/mol. The topological polar surface area (TPSA) is 38.8 Å². The summed E-state index contributed by atoms with van der Waals surface area (Å²) >= 11 is 0. The van der Waals surface area contributed by atoms with E-state index in [2.05, 4.69) is 254 Å². The van der Waals surface area contributed by atoms with E-state index in [-0.39, 0.29) is 0 Å². The molecule has 4 aliphatic carbocycles. The zero-order chi connectivity index (χ0) is 50.6. The molecular formula is C74H41NO3. The first-order valence-corrected chi connectivity index (χ1v) is 27.0. The maximum atomic E-state index is 7.71. The highest BCUT2D eigenvalue weighted by molar-refractivity contribution is 6.16. The predicted molar refractivity (Wildman–Crippen MR) is 314 cm³/mol. The van der Waals surface area contributed by atoms with Crippen molar-refractivity contribution in [2.75, 3.05) is 4.90 Å². The summed E-state index contributed by atoms with van der Waals surface area (Å²) in [6, 6.07) is 91.5. The predicted octanol–water partition coefficient (Wildman–Crippen LogP) is 19.4. The van der Waals surface area contributed by atoms with Gasteiger partial charge >= 0.3 is 0 Å². The summed E-state index contributed by atoms with van der Waals surface area (Å²) in [6.45, 7) is 0. The van der Waals surface area contributed by atoms with Gasteiger partial charge in [0.05, 0.1) is 22.2 Å². The molecule has 78 heavy (non-hydrogen) atoms. The third kappa shape index (κ3) is 4.81. The number of hydrogen-bond donors (Lipinski definition) is 0. The molecule has 4 heteroatoms. The van der Waals surface area contributed by atoms with Crippen molar-refractivity contribution in [2.24, 2.45) is 0 Å². The fourth-order valence-electron chi connectivity index (χ4n) is 15.3. The van der Waals surface area contributed by atoms with Gasteiger partial charge < -0.3 is 18.5 Å². The van der Waals surface area contributed by atoms with Crippen LogP contribution in [0.5, 0.6) is 11.5 Å². The lowest BCUT2D eigenvalue weighted by Gasteiger charge is -2.36. The summed E-state index contributed by atoms with van der Waals surface area (Å²) in [5, 5.41) is 4.43. The van der Waals surface area contributed by atoms with Crippen molar-refractivity contribution in [2.45, 2.75) is 10.8 Å². The molecule has 0 amide bonds. The van der Waals surface area contributed by atoms with Gasteiger partial charge in [0.15, 0.2) is 11.5 Å². The molecule has 3 heterocycles. The standard InChI is InChI=1S/C74H41NO3/c1-2-16-42(17-3-1)43-30-32-44(33-31-43)75-63-38-53-61(73(55-24-10-4-18-45(55)46-19-5-11-25-56(46)73)59-36-34-51-49-22-8-14-28-65(49)77-71(51)69(53)59)40-67(63)76-68-41-62-54(39-64(68)75)70-60(37-35-52-50-23-9-15-29-66(50)78-72(52)70)74(62)57-26-12-6-20-47(57)48-21-7-13-27-58(48)74/h1-41H. The van der Waals surface area contributed by atoms with E-state index in [0.29, 0.717) is 0 Å². The molecule has 0 radical (unpaired) electrons. The number of benzene rings is 12. The number of furan rings is 2. The highest BCUT2D eigenvalue weighted by atomic mass is 16.5. The molecule has 360 valence electrons. The van der Waals surface area contributed by atoms with Crippen molar-refractivity contribution < 1.29 is 13.6 Å². The molecule has 4 nitrogen and oxygen atoms in total. The molecule has 2 aromatic heterocycles. The molecule has 19 rings (SSSR count). The number of para-hydroxylation sites is 2. The van der Waals surface area contributed by atoms with Gasteiger partial charge in [0.1, 0.15) is 22.3 Å². The maximum absolute atomic E-state index is 7.71. The molecule has 0 fully saturated rings. The molecule has 0 unspecified atom stereocenters. The van der Waals surface area contributed by atoms with Gasteiger partial charge in [0, 0.05) is 38.4 Å². The van der Waals surface area contributed by atoms with Gasteiger partial charge in [-0.3, -0.25) is 0 Å². The number of rotatable bonds is 2. The van der Waals surface area contributed by atoms with Crippen LogP contribution in [0.3, 0.4) is 0 Å². The Morgan fingerprint density at radius 2 is 0.679 bits per heavy atom. The van der Waals surface area contributed by atoms with Crippen molar-refractivity contribution in [3.05, 3.63) is 293 Å². The molecule has 0 atom stereocenters. The van der Waals surface area contributed by atoms with Crippen LogP contribution in [0.25, 0.3) is 99.5 Å². The molecule has 14 aromatic rings.